The third kappa shape index (κ3) is 2.07. The molecule has 1 aromatic heterocycles. The first-order valence-corrected chi connectivity index (χ1v) is 6.37. The van der Waals surface area contributed by atoms with Gasteiger partial charge in [0.2, 0.25) is 0 Å². The van der Waals surface area contributed by atoms with Gasteiger partial charge < -0.3 is 14.6 Å². The van der Waals surface area contributed by atoms with Gasteiger partial charge in [0, 0.05) is 25.3 Å². The third-order valence-corrected chi connectivity index (χ3v) is 3.63. The molecule has 4 nitrogen and oxygen atoms in total. The molecule has 1 aliphatic carbocycles. The summed E-state index contributed by atoms with van der Waals surface area (Å²) in [7, 11) is 0. The van der Waals surface area contributed by atoms with Crippen molar-refractivity contribution in [3.05, 3.63) is 23.0 Å². The van der Waals surface area contributed by atoms with Crippen LogP contribution >= 0.6 is 11.6 Å². The van der Waals surface area contributed by atoms with Gasteiger partial charge in [0.15, 0.2) is 0 Å². The number of halogens is 1. The Hall–Kier alpha value is -1.00. The van der Waals surface area contributed by atoms with Gasteiger partial charge in [-0.05, 0) is 25.3 Å². The average Bonchev–Trinajstić information content (AvgIpc) is 2.94. The van der Waals surface area contributed by atoms with Gasteiger partial charge in [0.05, 0.1) is 11.1 Å². The van der Waals surface area contributed by atoms with Crippen molar-refractivity contribution in [3.63, 3.8) is 0 Å². The van der Waals surface area contributed by atoms with Crippen LogP contribution in [-0.2, 0) is 0 Å². The number of hydrogen-bond donors (Lipinski definition) is 1. The predicted octanol–water partition coefficient (Wildman–Crippen LogP) is 1.68. The number of rotatable bonds is 2. The van der Waals surface area contributed by atoms with Gasteiger partial charge in [-0.25, -0.2) is 0 Å². The summed E-state index contributed by atoms with van der Waals surface area (Å²) in [5.74, 6) is -0.0136. The Morgan fingerprint density at radius 3 is 2.76 bits per heavy atom. The van der Waals surface area contributed by atoms with Crippen LogP contribution in [0.5, 0.6) is 0 Å². The minimum Gasteiger partial charge on any atom is -0.391 e. The molecule has 1 aliphatic heterocycles. The monoisotopic (exact) mass is 254 g/mol. The summed E-state index contributed by atoms with van der Waals surface area (Å²) in [5, 5.41) is 10.1. The number of β-amino-alcohol motifs (C(OH)–C–C–N with tert-alkyl or cyclic N) is 1. The summed E-state index contributed by atoms with van der Waals surface area (Å²) in [6, 6.07) is 2.17. The summed E-state index contributed by atoms with van der Waals surface area (Å²) in [5.41, 5.74) is 0.659. The summed E-state index contributed by atoms with van der Waals surface area (Å²) >= 11 is 5.98. The van der Waals surface area contributed by atoms with Crippen LogP contribution in [0, 0.1) is 0 Å². The first-order chi connectivity index (χ1) is 8.15. The van der Waals surface area contributed by atoms with E-state index in [4.69, 9.17) is 11.6 Å². The van der Waals surface area contributed by atoms with Gasteiger partial charge in [-0.1, -0.05) is 11.6 Å². The Bertz CT molecular complexity index is 453. The van der Waals surface area contributed by atoms with E-state index < -0.39 is 0 Å². The molecule has 3 rings (SSSR count). The highest BCUT2D eigenvalue weighted by molar-refractivity contribution is 6.31. The molecular weight excluding hydrogens is 240 g/mol. The maximum absolute atomic E-state index is 12.3. The van der Waals surface area contributed by atoms with Crippen LogP contribution in [0.4, 0.5) is 0 Å². The zero-order chi connectivity index (χ0) is 12.0. The maximum atomic E-state index is 12.3. The third-order valence-electron chi connectivity index (χ3n) is 3.43. The summed E-state index contributed by atoms with van der Waals surface area (Å²) in [6.07, 6.45) is 4.36. The van der Waals surface area contributed by atoms with E-state index in [0.29, 0.717) is 36.3 Å². The highest BCUT2D eigenvalue weighted by atomic mass is 35.5. The van der Waals surface area contributed by atoms with Gasteiger partial charge >= 0.3 is 0 Å². The Labute approximate surface area is 105 Å². The predicted molar refractivity (Wildman–Crippen MR) is 64.2 cm³/mol. The molecule has 0 bridgehead atoms. The average molecular weight is 255 g/mol. The van der Waals surface area contributed by atoms with Crippen LogP contribution in [0.15, 0.2) is 12.3 Å². The second kappa shape index (κ2) is 4.03. The van der Waals surface area contributed by atoms with E-state index in [-0.39, 0.29) is 12.0 Å². The fraction of sp³-hybridized carbons (Fsp3) is 0.583. The van der Waals surface area contributed by atoms with E-state index in [1.165, 1.54) is 0 Å². The number of hydrogen-bond acceptors (Lipinski definition) is 2. The van der Waals surface area contributed by atoms with E-state index in [9.17, 15) is 9.90 Å². The number of aliphatic hydroxyl groups excluding tert-OH is 1. The molecule has 17 heavy (non-hydrogen) atoms. The lowest BCUT2D eigenvalue weighted by Crippen LogP contribution is -2.31. The molecule has 1 unspecified atom stereocenters. The molecule has 5 heteroatoms. The highest BCUT2D eigenvalue weighted by Crippen LogP contribution is 2.37. The summed E-state index contributed by atoms with van der Waals surface area (Å²) in [4.78, 5) is 14.0. The van der Waals surface area contributed by atoms with E-state index in [1.807, 2.05) is 10.8 Å². The molecule has 1 atom stereocenters. The van der Waals surface area contributed by atoms with Gasteiger partial charge in [-0.15, -0.1) is 0 Å². The highest BCUT2D eigenvalue weighted by Gasteiger charge is 2.31. The fourth-order valence-corrected chi connectivity index (χ4v) is 2.57. The molecule has 2 heterocycles. The standard InChI is InChI=1S/C12H15ClN2O2/c13-8-5-11(15(6-8)9-1-2-9)12(17)14-4-3-10(16)7-14/h5-6,9-10,16H,1-4,7H2. The van der Waals surface area contributed by atoms with Gasteiger partial charge in [-0.3, -0.25) is 4.79 Å². The molecule has 0 spiro atoms. The van der Waals surface area contributed by atoms with Crippen LogP contribution in [0.1, 0.15) is 35.8 Å². The molecule has 1 aromatic rings. The van der Waals surface area contributed by atoms with Crippen molar-refractivity contribution in [1.82, 2.24) is 9.47 Å². The normalized spacial score (nSPS) is 24.4. The van der Waals surface area contributed by atoms with Crippen LogP contribution in [0.25, 0.3) is 0 Å². The number of carbonyl (C=O) groups is 1. The molecule has 1 saturated carbocycles. The number of likely N-dealkylation sites (tertiary alicyclic amines) is 1. The molecule has 1 amide bonds. The lowest BCUT2D eigenvalue weighted by molar-refractivity contribution is 0.0754. The lowest BCUT2D eigenvalue weighted by atomic mass is 10.3. The molecule has 1 saturated heterocycles. The molecule has 0 aromatic carbocycles. The number of aromatic nitrogens is 1. The van der Waals surface area contributed by atoms with Crippen molar-refractivity contribution in [1.29, 1.82) is 0 Å². The topological polar surface area (TPSA) is 45.5 Å². The lowest BCUT2D eigenvalue weighted by Gasteiger charge is -2.16. The Morgan fingerprint density at radius 2 is 2.18 bits per heavy atom. The van der Waals surface area contributed by atoms with E-state index in [1.54, 1.807) is 11.0 Å². The first kappa shape index (κ1) is 11.1. The summed E-state index contributed by atoms with van der Waals surface area (Å²) < 4.78 is 1.98. The van der Waals surface area contributed by atoms with E-state index >= 15 is 0 Å². The largest absolute Gasteiger partial charge is 0.391 e. The van der Waals surface area contributed by atoms with Crippen molar-refractivity contribution in [2.45, 2.75) is 31.4 Å². The molecule has 92 valence electrons. The van der Waals surface area contributed by atoms with Crippen molar-refractivity contribution in [3.8, 4) is 0 Å². The SMILES string of the molecule is O=C(c1cc(Cl)cn1C1CC1)N1CCC(O)C1. The Kier molecular flexibility index (Phi) is 2.64. The van der Waals surface area contributed by atoms with Gasteiger partial charge in [0.25, 0.3) is 5.91 Å². The second-order valence-corrected chi connectivity index (χ2v) is 5.31. The molecule has 1 N–H and O–H groups in total. The van der Waals surface area contributed by atoms with Crippen molar-refractivity contribution < 1.29 is 9.90 Å². The molecule has 2 aliphatic rings. The van der Waals surface area contributed by atoms with Crippen LogP contribution in [-0.4, -0.2) is 39.7 Å². The molecular formula is C12H15ClN2O2. The maximum Gasteiger partial charge on any atom is 0.270 e. The Morgan fingerprint density at radius 1 is 1.41 bits per heavy atom. The van der Waals surface area contributed by atoms with Crippen molar-refractivity contribution in [2.75, 3.05) is 13.1 Å². The quantitative estimate of drug-likeness (QED) is 0.873. The fourth-order valence-electron chi connectivity index (χ4n) is 2.36. The molecule has 2 fully saturated rings. The minimum atomic E-state index is -0.376. The summed E-state index contributed by atoms with van der Waals surface area (Å²) in [6.45, 7) is 1.07. The van der Waals surface area contributed by atoms with E-state index in [2.05, 4.69) is 0 Å². The van der Waals surface area contributed by atoms with Gasteiger partial charge in [0.1, 0.15) is 5.69 Å². The van der Waals surface area contributed by atoms with Crippen molar-refractivity contribution >= 4 is 17.5 Å². The van der Waals surface area contributed by atoms with E-state index in [0.717, 1.165) is 12.8 Å². The van der Waals surface area contributed by atoms with Crippen molar-refractivity contribution in [2.24, 2.45) is 0 Å². The number of carbonyl (C=O) groups excluding carboxylic acids is 1. The minimum absolute atomic E-state index is 0.0136. The van der Waals surface area contributed by atoms with Crippen LogP contribution in [0.3, 0.4) is 0 Å². The zero-order valence-electron chi connectivity index (χ0n) is 9.47. The molecule has 0 radical (unpaired) electrons. The van der Waals surface area contributed by atoms with Crippen LogP contribution in [0.2, 0.25) is 5.02 Å². The zero-order valence-corrected chi connectivity index (χ0v) is 10.2. The smallest absolute Gasteiger partial charge is 0.270 e. The number of amides is 1. The Balaban J connectivity index is 1.85. The second-order valence-electron chi connectivity index (χ2n) is 4.88. The first-order valence-electron chi connectivity index (χ1n) is 6.00. The van der Waals surface area contributed by atoms with Gasteiger partial charge in [-0.2, -0.15) is 0 Å². The van der Waals surface area contributed by atoms with Crippen LogP contribution < -0.4 is 0 Å². The number of aliphatic hydroxyl groups is 1. The number of nitrogens with zero attached hydrogens (tertiary/aromatic N) is 2.